The smallest absolute Gasteiger partial charge is 0.110 e. The van der Waals surface area contributed by atoms with Gasteiger partial charge in [-0.3, -0.25) is 0 Å². The molecule has 0 aromatic carbocycles. The molecule has 1 atom stereocenters. The third-order valence-electron chi connectivity index (χ3n) is 1.49. The van der Waals surface area contributed by atoms with Crippen LogP contribution in [0, 0.1) is 6.10 Å². The Morgan fingerprint density at radius 2 is 2.50 bits per heavy atom. The van der Waals surface area contributed by atoms with Crippen molar-refractivity contribution in [3.63, 3.8) is 0 Å². The molecule has 0 aromatic rings. The molecule has 1 heterocycles. The van der Waals surface area contributed by atoms with Crippen molar-refractivity contribution in [1.29, 1.82) is 0 Å². The zero-order valence-corrected chi connectivity index (χ0v) is 5.40. The maximum absolute atomic E-state index is 5.24. The normalized spacial score (nSPS) is 33.0. The Hall–Kier alpha value is -0.0800. The van der Waals surface area contributed by atoms with Crippen molar-refractivity contribution in [3.05, 3.63) is 6.10 Å². The van der Waals surface area contributed by atoms with Gasteiger partial charge < -0.3 is 10.1 Å². The Morgan fingerprint density at radius 1 is 1.75 bits per heavy atom. The zero-order chi connectivity index (χ0) is 5.98. The molecule has 0 aliphatic carbocycles. The van der Waals surface area contributed by atoms with Gasteiger partial charge in [-0.05, 0) is 13.8 Å². The van der Waals surface area contributed by atoms with Crippen molar-refractivity contribution in [3.8, 4) is 0 Å². The second kappa shape index (κ2) is 2.46. The van der Waals surface area contributed by atoms with Crippen LogP contribution in [0.2, 0.25) is 0 Å². The van der Waals surface area contributed by atoms with Crippen molar-refractivity contribution in [2.24, 2.45) is 0 Å². The van der Waals surface area contributed by atoms with E-state index in [0.717, 1.165) is 19.3 Å². The largest absolute Gasteiger partial charge is 0.369 e. The zero-order valence-electron chi connectivity index (χ0n) is 5.40. The van der Waals surface area contributed by atoms with E-state index in [2.05, 4.69) is 12.2 Å². The lowest BCUT2D eigenvalue weighted by Crippen LogP contribution is -2.40. The summed E-state index contributed by atoms with van der Waals surface area (Å²) in [6.07, 6.45) is 1.11. The van der Waals surface area contributed by atoms with Gasteiger partial charge in [0.15, 0.2) is 0 Å². The maximum Gasteiger partial charge on any atom is 0.110 e. The monoisotopic (exact) mass is 114 g/mol. The van der Waals surface area contributed by atoms with Gasteiger partial charge in [0.05, 0.1) is 6.61 Å². The fraction of sp³-hybridized carbons (Fsp3) is 0.833. The van der Waals surface area contributed by atoms with E-state index < -0.39 is 0 Å². The number of hydrogen-bond acceptors (Lipinski definition) is 2. The van der Waals surface area contributed by atoms with Gasteiger partial charge in [-0.15, -0.1) is 0 Å². The molecule has 1 rings (SSSR count). The van der Waals surface area contributed by atoms with E-state index in [1.165, 1.54) is 0 Å². The first-order valence-corrected chi connectivity index (χ1v) is 3.00. The van der Waals surface area contributed by atoms with E-state index in [0.29, 0.717) is 6.04 Å². The highest BCUT2D eigenvalue weighted by molar-refractivity contribution is 4.87. The molecule has 2 heteroatoms. The molecule has 8 heavy (non-hydrogen) atoms. The first kappa shape index (κ1) is 6.05. The SMILES string of the molecule is C[C]1OCCN[C@@H]1C. The maximum atomic E-state index is 5.24. The number of nitrogens with one attached hydrogen (secondary N) is 1. The molecule has 47 valence electrons. The van der Waals surface area contributed by atoms with E-state index in [-0.39, 0.29) is 0 Å². The molecule has 1 aliphatic rings. The van der Waals surface area contributed by atoms with Crippen LogP contribution >= 0.6 is 0 Å². The van der Waals surface area contributed by atoms with Gasteiger partial charge in [0.2, 0.25) is 0 Å². The van der Waals surface area contributed by atoms with Gasteiger partial charge in [-0.25, -0.2) is 0 Å². The van der Waals surface area contributed by atoms with Crippen molar-refractivity contribution < 1.29 is 4.74 Å². The fourth-order valence-electron chi connectivity index (χ4n) is 0.756. The minimum absolute atomic E-state index is 0.448. The van der Waals surface area contributed by atoms with E-state index in [4.69, 9.17) is 4.74 Å². The first-order chi connectivity index (χ1) is 3.80. The number of morpholine rings is 1. The molecule has 1 N–H and O–H groups in total. The molecule has 0 amide bonds. The Balaban J connectivity index is 2.28. The van der Waals surface area contributed by atoms with E-state index in [1.807, 2.05) is 6.92 Å². The van der Waals surface area contributed by atoms with E-state index in [9.17, 15) is 0 Å². The van der Waals surface area contributed by atoms with Gasteiger partial charge in [-0.2, -0.15) is 0 Å². The lowest BCUT2D eigenvalue weighted by molar-refractivity contribution is 0.0930. The van der Waals surface area contributed by atoms with Crippen LogP contribution in [0.4, 0.5) is 0 Å². The van der Waals surface area contributed by atoms with Crippen LogP contribution in [0.25, 0.3) is 0 Å². The third kappa shape index (κ3) is 1.20. The Labute approximate surface area is 50.2 Å². The molecule has 2 nitrogen and oxygen atoms in total. The van der Waals surface area contributed by atoms with Crippen molar-refractivity contribution >= 4 is 0 Å². The van der Waals surface area contributed by atoms with Gasteiger partial charge in [0.25, 0.3) is 0 Å². The predicted octanol–water partition coefficient (Wildman–Crippen LogP) is 0.547. The highest BCUT2D eigenvalue weighted by atomic mass is 16.5. The lowest BCUT2D eigenvalue weighted by Gasteiger charge is -2.25. The summed E-state index contributed by atoms with van der Waals surface area (Å²) >= 11 is 0. The summed E-state index contributed by atoms with van der Waals surface area (Å²) in [5, 5.41) is 3.27. The second-order valence-corrected chi connectivity index (χ2v) is 2.13. The summed E-state index contributed by atoms with van der Waals surface area (Å²) in [7, 11) is 0. The summed E-state index contributed by atoms with van der Waals surface area (Å²) in [6, 6.07) is 0.448. The molecular formula is C6H12NO. The third-order valence-corrected chi connectivity index (χ3v) is 1.49. The molecule has 0 spiro atoms. The summed E-state index contributed by atoms with van der Waals surface area (Å²) in [5.74, 6) is 0. The van der Waals surface area contributed by atoms with Crippen LogP contribution in [0.15, 0.2) is 0 Å². The Morgan fingerprint density at radius 3 is 2.88 bits per heavy atom. The first-order valence-electron chi connectivity index (χ1n) is 3.00. The topological polar surface area (TPSA) is 21.3 Å². The molecule has 1 fully saturated rings. The molecule has 0 aromatic heterocycles. The van der Waals surface area contributed by atoms with Crippen molar-refractivity contribution in [2.75, 3.05) is 13.2 Å². The number of rotatable bonds is 0. The van der Waals surface area contributed by atoms with E-state index >= 15 is 0 Å². The quantitative estimate of drug-likeness (QED) is 0.496. The second-order valence-electron chi connectivity index (χ2n) is 2.13. The minimum Gasteiger partial charge on any atom is -0.369 e. The molecule has 1 aliphatic heterocycles. The standard InChI is InChI=1S/C6H12NO/c1-5-6(2)8-4-3-7-5/h5,7H,3-4H2,1-2H3/t5-/m1/s1. The summed E-state index contributed by atoms with van der Waals surface area (Å²) in [6.45, 7) is 5.93. The highest BCUT2D eigenvalue weighted by Gasteiger charge is 2.16. The Kier molecular flexibility index (Phi) is 1.86. The summed E-state index contributed by atoms with van der Waals surface area (Å²) < 4.78 is 5.24. The fourth-order valence-corrected chi connectivity index (χ4v) is 0.756. The van der Waals surface area contributed by atoms with Crippen LogP contribution in [0.5, 0.6) is 0 Å². The lowest BCUT2D eigenvalue weighted by atomic mass is 10.2. The van der Waals surface area contributed by atoms with Gasteiger partial charge in [0.1, 0.15) is 6.10 Å². The minimum atomic E-state index is 0.448. The average Bonchev–Trinajstić information content (AvgIpc) is 1.77. The van der Waals surface area contributed by atoms with Gasteiger partial charge in [-0.1, -0.05) is 0 Å². The summed E-state index contributed by atoms with van der Waals surface area (Å²) in [5.41, 5.74) is 0. The highest BCUT2D eigenvalue weighted by Crippen LogP contribution is 2.09. The van der Waals surface area contributed by atoms with Gasteiger partial charge in [0, 0.05) is 12.6 Å². The molecule has 0 saturated carbocycles. The summed E-state index contributed by atoms with van der Waals surface area (Å²) in [4.78, 5) is 0. The average molecular weight is 114 g/mol. The van der Waals surface area contributed by atoms with Crippen molar-refractivity contribution in [1.82, 2.24) is 5.32 Å². The van der Waals surface area contributed by atoms with Crippen LogP contribution in [0.1, 0.15) is 13.8 Å². The van der Waals surface area contributed by atoms with Crippen LogP contribution in [-0.4, -0.2) is 19.2 Å². The van der Waals surface area contributed by atoms with Gasteiger partial charge >= 0.3 is 0 Å². The number of ether oxygens (including phenoxy) is 1. The number of hydrogen-bond donors (Lipinski definition) is 1. The van der Waals surface area contributed by atoms with Crippen LogP contribution in [0.3, 0.4) is 0 Å². The molecule has 0 bridgehead atoms. The predicted molar refractivity (Wildman–Crippen MR) is 32.3 cm³/mol. The molecule has 1 radical (unpaired) electrons. The molecular weight excluding hydrogens is 102 g/mol. The Bertz CT molecular complexity index is 64.9. The molecule has 0 unspecified atom stereocenters. The van der Waals surface area contributed by atoms with E-state index in [1.54, 1.807) is 0 Å². The van der Waals surface area contributed by atoms with Crippen LogP contribution < -0.4 is 5.32 Å². The van der Waals surface area contributed by atoms with Crippen molar-refractivity contribution in [2.45, 2.75) is 19.9 Å². The molecule has 1 saturated heterocycles. The van der Waals surface area contributed by atoms with Crippen LogP contribution in [-0.2, 0) is 4.74 Å².